The second kappa shape index (κ2) is 4.69. The van der Waals surface area contributed by atoms with E-state index in [1.807, 2.05) is 26.8 Å². The topological polar surface area (TPSA) is 17.1 Å². The maximum atomic E-state index is 12.2. The Morgan fingerprint density at radius 3 is 2.22 bits per heavy atom. The summed E-state index contributed by atoms with van der Waals surface area (Å²) in [5.74, 6) is 0.214. The van der Waals surface area contributed by atoms with Crippen LogP contribution in [0.1, 0.15) is 36.0 Å². The highest BCUT2D eigenvalue weighted by molar-refractivity contribution is 7.12. The van der Waals surface area contributed by atoms with Gasteiger partial charge in [-0.3, -0.25) is 4.79 Å². The number of hydrogen-bond donors (Lipinski definition) is 0. The molecule has 0 aliphatic carbocycles. The quantitative estimate of drug-likeness (QED) is 0.696. The molecule has 0 fully saturated rings. The summed E-state index contributed by atoms with van der Waals surface area (Å²) in [6.45, 7) is 7.95. The van der Waals surface area contributed by atoms with E-state index in [4.69, 9.17) is 0 Å². The van der Waals surface area contributed by atoms with Crippen molar-refractivity contribution in [1.29, 1.82) is 0 Å². The minimum atomic E-state index is -0.310. The second-order valence-electron chi connectivity index (χ2n) is 5.64. The molecule has 94 valence electrons. The molecule has 1 aromatic heterocycles. The molecule has 0 atom stereocenters. The predicted octanol–water partition coefficient (Wildman–Crippen LogP) is 4.95. The number of Topliss-reactive ketones (excluding diaryl/α,β-unsaturated/α-hetero) is 1. The van der Waals surface area contributed by atoms with Gasteiger partial charge in [0.15, 0.2) is 5.78 Å². The fraction of sp³-hybridized carbons (Fsp3) is 0.312. The van der Waals surface area contributed by atoms with E-state index in [0.717, 1.165) is 10.4 Å². The molecule has 18 heavy (non-hydrogen) atoms. The van der Waals surface area contributed by atoms with Gasteiger partial charge in [0.1, 0.15) is 0 Å². The molecule has 2 heteroatoms. The normalized spacial score (nSPS) is 11.6. The number of hydrogen-bond acceptors (Lipinski definition) is 2. The van der Waals surface area contributed by atoms with Gasteiger partial charge in [-0.15, -0.1) is 11.3 Å². The van der Waals surface area contributed by atoms with Crippen molar-refractivity contribution in [2.75, 3.05) is 0 Å². The van der Waals surface area contributed by atoms with Crippen LogP contribution in [0.15, 0.2) is 35.7 Å². The number of thiophene rings is 1. The number of aryl methyl sites for hydroxylation is 1. The molecular weight excluding hydrogens is 240 g/mol. The molecule has 0 bridgehead atoms. The van der Waals surface area contributed by atoms with Crippen LogP contribution in [0.2, 0.25) is 0 Å². The number of ketones is 1. The molecule has 0 spiro atoms. The molecule has 0 aliphatic heterocycles. The third-order valence-corrected chi connectivity index (χ3v) is 3.82. The van der Waals surface area contributed by atoms with Crippen LogP contribution in [0.25, 0.3) is 11.1 Å². The van der Waals surface area contributed by atoms with Crippen LogP contribution < -0.4 is 0 Å². The number of carbonyl (C=O) groups excluding carboxylic acids is 1. The summed E-state index contributed by atoms with van der Waals surface area (Å²) in [5, 5.41) is 2.06. The van der Waals surface area contributed by atoms with Crippen LogP contribution in [0, 0.1) is 12.3 Å². The highest BCUT2D eigenvalue weighted by Gasteiger charge is 2.24. The molecule has 0 unspecified atom stereocenters. The molecule has 0 saturated carbocycles. The van der Waals surface area contributed by atoms with Crippen LogP contribution in [0.4, 0.5) is 0 Å². The largest absolute Gasteiger partial charge is 0.293 e. The SMILES string of the molecule is Cc1ccc(-c2csc(C(=O)C(C)(C)C)c2)cc1. The summed E-state index contributed by atoms with van der Waals surface area (Å²) < 4.78 is 0. The molecule has 2 aromatic rings. The Balaban J connectivity index is 2.31. The highest BCUT2D eigenvalue weighted by atomic mass is 32.1. The lowest BCUT2D eigenvalue weighted by Gasteiger charge is -2.14. The van der Waals surface area contributed by atoms with Gasteiger partial charge in [-0.25, -0.2) is 0 Å². The van der Waals surface area contributed by atoms with Crippen LogP contribution in [-0.2, 0) is 0 Å². The maximum absolute atomic E-state index is 12.2. The van der Waals surface area contributed by atoms with E-state index in [-0.39, 0.29) is 11.2 Å². The zero-order chi connectivity index (χ0) is 13.3. The average molecular weight is 258 g/mol. The maximum Gasteiger partial charge on any atom is 0.178 e. The fourth-order valence-corrected chi connectivity index (χ4v) is 2.79. The lowest BCUT2D eigenvalue weighted by atomic mass is 9.89. The van der Waals surface area contributed by atoms with Crippen molar-refractivity contribution >= 4 is 17.1 Å². The van der Waals surface area contributed by atoms with E-state index in [9.17, 15) is 4.79 Å². The first-order valence-electron chi connectivity index (χ1n) is 6.08. The van der Waals surface area contributed by atoms with Gasteiger partial charge >= 0.3 is 0 Å². The predicted molar refractivity (Wildman–Crippen MR) is 78.3 cm³/mol. The van der Waals surface area contributed by atoms with Crippen molar-refractivity contribution in [1.82, 2.24) is 0 Å². The minimum absolute atomic E-state index is 0.214. The monoisotopic (exact) mass is 258 g/mol. The first kappa shape index (κ1) is 13.0. The van der Waals surface area contributed by atoms with Gasteiger partial charge < -0.3 is 0 Å². The van der Waals surface area contributed by atoms with E-state index in [0.29, 0.717) is 0 Å². The fourth-order valence-electron chi connectivity index (χ4n) is 1.72. The van der Waals surface area contributed by atoms with E-state index >= 15 is 0 Å². The Kier molecular flexibility index (Phi) is 3.40. The first-order chi connectivity index (χ1) is 8.38. The van der Waals surface area contributed by atoms with E-state index in [2.05, 4.69) is 36.6 Å². The smallest absolute Gasteiger partial charge is 0.178 e. The Morgan fingerprint density at radius 1 is 1.06 bits per heavy atom. The van der Waals surface area contributed by atoms with Crippen molar-refractivity contribution in [2.24, 2.45) is 5.41 Å². The summed E-state index contributed by atoms with van der Waals surface area (Å²) in [6.07, 6.45) is 0. The van der Waals surface area contributed by atoms with E-state index in [1.54, 1.807) is 0 Å². The molecule has 0 aliphatic rings. The zero-order valence-electron chi connectivity index (χ0n) is 11.3. The van der Waals surface area contributed by atoms with Crippen molar-refractivity contribution in [2.45, 2.75) is 27.7 Å². The van der Waals surface area contributed by atoms with Crippen LogP contribution in [-0.4, -0.2) is 5.78 Å². The van der Waals surface area contributed by atoms with E-state index in [1.165, 1.54) is 22.5 Å². The minimum Gasteiger partial charge on any atom is -0.293 e. The Morgan fingerprint density at radius 2 is 1.67 bits per heavy atom. The highest BCUT2D eigenvalue weighted by Crippen LogP contribution is 2.30. The molecule has 1 aromatic carbocycles. The Hall–Kier alpha value is -1.41. The standard InChI is InChI=1S/C16H18OS/c1-11-5-7-12(8-6-11)13-9-14(18-10-13)15(17)16(2,3)4/h5-10H,1-4H3. The van der Waals surface area contributed by atoms with Gasteiger partial charge in [-0.05, 0) is 29.5 Å². The Bertz CT molecular complexity index is 556. The van der Waals surface area contributed by atoms with Gasteiger partial charge in [0.25, 0.3) is 0 Å². The molecule has 0 N–H and O–H groups in total. The molecule has 0 saturated heterocycles. The zero-order valence-corrected chi connectivity index (χ0v) is 12.1. The third kappa shape index (κ3) is 2.70. The summed E-state index contributed by atoms with van der Waals surface area (Å²) in [6, 6.07) is 10.4. The van der Waals surface area contributed by atoms with Crippen molar-refractivity contribution in [3.8, 4) is 11.1 Å². The first-order valence-corrected chi connectivity index (χ1v) is 6.96. The number of carbonyl (C=O) groups is 1. The van der Waals surface area contributed by atoms with Gasteiger partial charge in [-0.2, -0.15) is 0 Å². The summed E-state index contributed by atoms with van der Waals surface area (Å²) in [4.78, 5) is 13.0. The Labute approximate surface area is 112 Å². The second-order valence-corrected chi connectivity index (χ2v) is 6.56. The molecule has 0 amide bonds. The lowest BCUT2D eigenvalue weighted by Crippen LogP contribution is -2.18. The molecule has 0 radical (unpaired) electrons. The lowest BCUT2D eigenvalue weighted by molar-refractivity contribution is 0.0863. The number of benzene rings is 1. The molecule has 1 nitrogen and oxygen atoms in total. The van der Waals surface area contributed by atoms with Crippen molar-refractivity contribution in [3.05, 3.63) is 46.2 Å². The molecular formula is C16H18OS. The van der Waals surface area contributed by atoms with Crippen molar-refractivity contribution < 1.29 is 4.79 Å². The van der Waals surface area contributed by atoms with E-state index < -0.39 is 0 Å². The van der Waals surface area contributed by atoms with Gasteiger partial charge in [0, 0.05) is 5.41 Å². The number of rotatable bonds is 2. The van der Waals surface area contributed by atoms with Crippen LogP contribution in [0.3, 0.4) is 0 Å². The molecule has 2 rings (SSSR count). The van der Waals surface area contributed by atoms with Gasteiger partial charge in [-0.1, -0.05) is 50.6 Å². The van der Waals surface area contributed by atoms with Gasteiger partial charge in [0.2, 0.25) is 0 Å². The third-order valence-electron chi connectivity index (χ3n) is 2.89. The summed E-state index contributed by atoms with van der Waals surface area (Å²) in [5.41, 5.74) is 3.24. The average Bonchev–Trinajstić information content (AvgIpc) is 2.77. The summed E-state index contributed by atoms with van der Waals surface area (Å²) >= 11 is 1.53. The summed E-state index contributed by atoms with van der Waals surface area (Å²) in [7, 11) is 0. The van der Waals surface area contributed by atoms with Gasteiger partial charge in [0.05, 0.1) is 4.88 Å². The van der Waals surface area contributed by atoms with Crippen molar-refractivity contribution in [3.63, 3.8) is 0 Å². The van der Waals surface area contributed by atoms with Crippen LogP contribution >= 0.6 is 11.3 Å². The molecule has 1 heterocycles. The van der Waals surface area contributed by atoms with Crippen LogP contribution in [0.5, 0.6) is 0 Å².